The maximum absolute atomic E-state index is 12.4. The number of carboxylic acid groups (broad SMARTS) is 1. The summed E-state index contributed by atoms with van der Waals surface area (Å²) in [5, 5.41) is 8.92. The molecular weight excluding hydrogens is 278 g/mol. The van der Waals surface area contributed by atoms with E-state index in [0.29, 0.717) is 18.4 Å². The molecule has 0 amide bonds. The van der Waals surface area contributed by atoms with Crippen LogP contribution in [0.15, 0.2) is 29.2 Å². The first-order valence-electron chi connectivity index (χ1n) is 6.25. The summed E-state index contributed by atoms with van der Waals surface area (Å²) in [6.45, 7) is 0.465. The first-order valence-corrected chi connectivity index (χ1v) is 7.69. The predicted octanol–water partition coefficient (Wildman–Crippen LogP) is 1.15. The molecule has 0 bridgehead atoms. The third-order valence-corrected chi connectivity index (χ3v) is 5.37. The third-order valence-electron chi connectivity index (χ3n) is 3.46. The van der Waals surface area contributed by atoms with Gasteiger partial charge in [-0.05, 0) is 37.1 Å². The van der Waals surface area contributed by atoms with E-state index >= 15 is 0 Å². The SMILES string of the molecule is C#Cc1ccc(S(=O)(=O)N2CCC(C(=O)O)CC2)cc1. The van der Waals surface area contributed by atoms with Crippen LogP contribution in [0.25, 0.3) is 0 Å². The van der Waals surface area contributed by atoms with Crippen molar-refractivity contribution in [2.45, 2.75) is 17.7 Å². The van der Waals surface area contributed by atoms with Crippen molar-refractivity contribution in [2.24, 2.45) is 5.92 Å². The van der Waals surface area contributed by atoms with Gasteiger partial charge in [0, 0.05) is 18.7 Å². The molecule has 0 saturated carbocycles. The Morgan fingerprint density at radius 3 is 2.25 bits per heavy atom. The summed E-state index contributed by atoms with van der Waals surface area (Å²) in [4.78, 5) is 11.0. The zero-order chi connectivity index (χ0) is 14.8. The lowest BCUT2D eigenvalue weighted by Gasteiger charge is -2.29. The molecule has 0 unspecified atom stereocenters. The molecule has 1 aliphatic rings. The minimum Gasteiger partial charge on any atom is -0.481 e. The number of carboxylic acids is 1. The summed E-state index contributed by atoms with van der Waals surface area (Å²) in [6.07, 6.45) is 5.92. The Labute approximate surface area is 118 Å². The molecule has 2 rings (SSSR count). The van der Waals surface area contributed by atoms with Gasteiger partial charge in [-0.2, -0.15) is 4.31 Å². The van der Waals surface area contributed by atoms with E-state index in [1.54, 1.807) is 12.1 Å². The van der Waals surface area contributed by atoms with Crippen LogP contribution >= 0.6 is 0 Å². The van der Waals surface area contributed by atoms with Crippen LogP contribution in [0.4, 0.5) is 0 Å². The van der Waals surface area contributed by atoms with Crippen LogP contribution < -0.4 is 0 Å². The van der Waals surface area contributed by atoms with Gasteiger partial charge < -0.3 is 5.11 Å². The zero-order valence-electron chi connectivity index (χ0n) is 10.8. The average Bonchev–Trinajstić information content (AvgIpc) is 2.47. The Morgan fingerprint density at radius 1 is 1.25 bits per heavy atom. The van der Waals surface area contributed by atoms with E-state index in [1.165, 1.54) is 16.4 Å². The van der Waals surface area contributed by atoms with Crippen molar-refractivity contribution < 1.29 is 18.3 Å². The molecule has 0 spiro atoms. The van der Waals surface area contributed by atoms with Crippen LogP contribution in [-0.4, -0.2) is 36.9 Å². The molecule has 5 nitrogen and oxygen atoms in total. The second-order valence-electron chi connectivity index (χ2n) is 4.69. The molecule has 0 radical (unpaired) electrons. The van der Waals surface area contributed by atoms with Crippen LogP contribution in [0.1, 0.15) is 18.4 Å². The number of nitrogens with zero attached hydrogens (tertiary/aromatic N) is 1. The minimum atomic E-state index is -3.56. The number of carbonyl (C=O) groups is 1. The fourth-order valence-electron chi connectivity index (χ4n) is 2.22. The van der Waals surface area contributed by atoms with Gasteiger partial charge in [0.2, 0.25) is 10.0 Å². The highest BCUT2D eigenvalue weighted by atomic mass is 32.2. The minimum absolute atomic E-state index is 0.185. The van der Waals surface area contributed by atoms with E-state index in [9.17, 15) is 13.2 Å². The monoisotopic (exact) mass is 293 g/mol. The Morgan fingerprint density at radius 2 is 1.80 bits per heavy atom. The molecule has 6 heteroatoms. The van der Waals surface area contributed by atoms with Crippen molar-refractivity contribution in [3.63, 3.8) is 0 Å². The van der Waals surface area contributed by atoms with Crippen molar-refractivity contribution >= 4 is 16.0 Å². The van der Waals surface area contributed by atoms with Gasteiger partial charge in [-0.1, -0.05) is 5.92 Å². The van der Waals surface area contributed by atoms with Crippen molar-refractivity contribution in [2.75, 3.05) is 13.1 Å². The summed E-state index contributed by atoms with van der Waals surface area (Å²) < 4.78 is 26.1. The first kappa shape index (κ1) is 14.6. The van der Waals surface area contributed by atoms with Crippen LogP contribution in [-0.2, 0) is 14.8 Å². The molecule has 0 aromatic heterocycles. The number of hydrogen-bond acceptors (Lipinski definition) is 3. The topological polar surface area (TPSA) is 74.7 Å². The Bertz CT molecular complexity index is 635. The van der Waals surface area contributed by atoms with Gasteiger partial charge in [-0.15, -0.1) is 6.42 Å². The quantitative estimate of drug-likeness (QED) is 0.848. The van der Waals surface area contributed by atoms with Gasteiger partial charge in [-0.3, -0.25) is 4.79 Å². The number of benzene rings is 1. The zero-order valence-corrected chi connectivity index (χ0v) is 11.6. The molecule has 1 N–H and O–H groups in total. The Hall–Kier alpha value is -1.84. The molecule has 1 aliphatic heterocycles. The van der Waals surface area contributed by atoms with Crippen LogP contribution in [0.2, 0.25) is 0 Å². The number of piperidine rings is 1. The highest BCUT2D eigenvalue weighted by Gasteiger charge is 2.31. The molecule has 0 aliphatic carbocycles. The highest BCUT2D eigenvalue weighted by molar-refractivity contribution is 7.89. The summed E-state index contributed by atoms with van der Waals surface area (Å²) in [6, 6.07) is 6.12. The van der Waals surface area contributed by atoms with E-state index in [0.717, 1.165) is 0 Å². The number of aliphatic carboxylic acids is 1. The van der Waals surface area contributed by atoms with Gasteiger partial charge in [0.05, 0.1) is 10.8 Å². The maximum atomic E-state index is 12.4. The average molecular weight is 293 g/mol. The van der Waals surface area contributed by atoms with E-state index in [2.05, 4.69) is 5.92 Å². The normalized spacial score (nSPS) is 17.6. The van der Waals surface area contributed by atoms with Gasteiger partial charge >= 0.3 is 5.97 Å². The number of sulfonamides is 1. The smallest absolute Gasteiger partial charge is 0.306 e. The predicted molar refractivity (Wildman–Crippen MR) is 73.5 cm³/mol. The summed E-state index contributed by atoms with van der Waals surface area (Å²) in [5.74, 6) is 1.12. The molecular formula is C14H15NO4S. The van der Waals surface area contributed by atoms with Gasteiger partial charge in [0.15, 0.2) is 0 Å². The maximum Gasteiger partial charge on any atom is 0.306 e. The standard InChI is InChI=1S/C14H15NO4S/c1-2-11-3-5-13(6-4-11)20(18,19)15-9-7-12(8-10-15)14(16)17/h1,3-6,12H,7-10H2,(H,16,17). The third kappa shape index (κ3) is 2.84. The molecule has 106 valence electrons. The lowest BCUT2D eigenvalue weighted by atomic mass is 9.99. The molecule has 1 aromatic carbocycles. The van der Waals surface area contributed by atoms with E-state index < -0.39 is 21.9 Å². The lowest BCUT2D eigenvalue weighted by molar-refractivity contribution is -0.142. The van der Waals surface area contributed by atoms with Gasteiger partial charge in [0.25, 0.3) is 0 Å². The Kier molecular flexibility index (Phi) is 4.12. The van der Waals surface area contributed by atoms with Crippen LogP contribution in [0, 0.1) is 18.3 Å². The highest BCUT2D eigenvalue weighted by Crippen LogP contribution is 2.24. The molecule has 1 saturated heterocycles. The van der Waals surface area contributed by atoms with Gasteiger partial charge in [0.1, 0.15) is 0 Å². The number of terminal acetylenes is 1. The van der Waals surface area contributed by atoms with Crippen molar-refractivity contribution in [3.8, 4) is 12.3 Å². The van der Waals surface area contributed by atoms with E-state index in [4.69, 9.17) is 11.5 Å². The molecule has 20 heavy (non-hydrogen) atoms. The molecule has 1 aromatic rings. The molecule has 1 heterocycles. The summed E-state index contributed by atoms with van der Waals surface area (Å²) in [7, 11) is -3.56. The van der Waals surface area contributed by atoms with Crippen molar-refractivity contribution in [1.82, 2.24) is 4.31 Å². The van der Waals surface area contributed by atoms with Crippen LogP contribution in [0.3, 0.4) is 0 Å². The van der Waals surface area contributed by atoms with Crippen molar-refractivity contribution in [3.05, 3.63) is 29.8 Å². The largest absolute Gasteiger partial charge is 0.481 e. The second kappa shape index (κ2) is 5.65. The van der Waals surface area contributed by atoms with Gasteiger partial charge in [-0.25, -0.2) is 8.42 Å². The fourth-order valence-corrected chi connectivity index (χ4v) is 3.69. The Balaban J connectivity index is 2.15. The first-order chi connectivity index (χ1) is 9.45. The lowest BCUT2D eigenvalue weighted by Crippen LogP contribution is -2.40. The van der Waals surface area contributed by atoms with Crippen LogP contribution in [0.5, 0.6) is 0 Å². The number of hydrogen-bond donors (Lipinski definition) is 1. The van der Waals surface area contributed by atoms with E-state index in [-0.39, 0.29) is 18.0 Å². The molecule has 1 fully saturated rings. The fraction of sp³-hybridized carbons (Fsp3) is 0.357. The second-order valence-corrected chi connectivity index (χ2v) is 6.62. The number of rotatable bonds is 3. The van der Waals surface area contributed by atoms with E-state index in [1.807, 2.05) is 0 Å². The summed E-state index contributed by atoms with van der Waals surface area (Å²) in [5.41, 5.74) is 0.619. The summed E-state index contributed by atoms with van der Waals surface area (Å²) >= 11 is 0. The van der Waals surface area contributed by atoms with Crippen molar-refractivity contribution in [1.29, 1.82) is 0 Å². The molecule has 0 atom stereocenters.